The number of likely N-dealkylation sites (N-methyl/N-ethyl adjacent to an activating group) is 1. The highest BCUT2D eigenvalue weighted by atomic mass is 16.2. The highest BCUT2D eigenvalue weighted by molar-refractivity contribution is 6.03. The minimum absolute atomic E-state index is 0.0558. The predicted octanol–water partition coefficient (Wildman–Crippen LogP) is 1.01. The number of hydrogen-bond acceptors (Lipinski definition) is 4. The molecule has 0 spiro atoms. The number of urea groups is 1. The summed E-state index contributed by atoms with van der Waals surface area (Å²) in [6.07, 6.45) is 3.71. The van der Waals surface area contributed by atoms with Crippen LogP contribution in [0, 0.1) is 0 Å². The Morgan fingerprint density at radius 2 is 1.79 bits per heavy atom. The van der Waals surface area contributed by atoms with Crippen molar-refractivity contribution < 1.29 is 14.4 Å². The summed E-state index contributed by atoms with van der Waals surface area (Å²) in [6.45, 7) is 3.23. The summed E-state index contributed by atoms with van der Waals surface area (Å²) in [5.74, 6) is -0.384. The summed E-state index contributed by atoms with van der Waals surface area (Å²) >= 11 is 0. The number of rotatable bonds is 5. The van der Waals surface area contributed by atoms with E-state index in [1.807, 2.05) is 24.3 Å². The van der Waals surface area contributed by atoms with Gasteiger partial charge in [-0.05, 0) is 63.0 Å². The summed E-state index contributed by atoms with van der Waals surface area (Å²) in [6, 6.07) is 7.14. The maximum atomic E-state index is 12.8. The molecule has 3 aliphatic heterocycles. The minimum Gasteiger partial charge on any atom is -0.368 e. The number of fused-ring (bicyclic) bond motifs is 1. The van der Waals surface area contributed by atoms with E-state index in [0.717, 1.165) is 38.0 Å². The van der Waals surface area contributed by atoms with Gasteiger partial charge in [-0.15, -0.1) is 0 Å². The number of nitrogens with zero attached hydrogens (tertiary/aromatic N) is 4. The largest absolute Gasteiger partial charge is 0.368 e. The zero-order chi connectivity index (χ0) is 19.9. The van der Waals surface area contributed by atoms with Crippen LogP contribution in [0.25, 0.3) is 0 Å². The molecule has 4 amide bonds. The van der Waals surface area contributed by atoms with Crippen LogP contribution >= 0.6 is 0 Å². The maximum absolute atomic E-state index is 12.8. The second-order valence-electron chi connectivity index (χ2n) is 7.97. The molecular weight excluding hydrogens is 358 g/mol. The lowest BCUT2D eigenvalue weighted by Gasteiger charge is -2.25. The van der Waals surface area contributed by atoms with Crippen molar-refractivity contribution in [1.29, 1.82) is 0 Å². The summed E-state index contributed by atoms with van der Waals surface area (Å²) in [4.78, 5) is 44.4. The summed E-state index contributed by atoms with van der Waals surface area (Å²) in [7, 11) is 1.77. The van der Waals surface area contributed by atoms with Gasteiger partial charge in [-0.2, -0.15) is 0 Å². The highest BCUT2D eigenvalue weighted by Crippen LogP contribution is 2.38. The van der Waals surface area contributed by atoms with Crippen LogP contribution in [0.15, 0.2) is 24.3 Å². The molecule has 0 aromatic heterocycles. The van der Waals surface area contributed by atoms with E-state index >= 15 is 0 Å². The van der Waals surface area contributed by atoms with Gasteiger partial charge in [0, 0.05) is 25.0 Å². The number of primary amides is 1. The van der Waals surface area contributed by atoms with Crippen molar-refractivity contribution in [2.45, 2.75) is 31.2 Å². The molecule has 150 valence electrons. The van der Waals surface area contributed by atoms with Gasteiger partial charge in [0.1, 0.15) is 5.54 Å². The van der Waals surface area contributed by atoms with E-state index in [1.165, 1.54) is 0 Å². The average Bonchev–Trinajstić information content (AvgIpc) is 3.40. The Labute approximate surface area is 164 Å². The third-order valence-electron chi connectivity index (χ3n) is 6.31. The van der Waals surface area contributed by atoms with Gasteiger partial charge in [0.05, 0.1) is 13.1 Å². The Morgan fingerprint density at radius 1 is 1.11 bits per heavy atom. The molecule has 1 aromatic carbocycles. The molecule has 0 bridgehead atoms. The number of likely N-dealkylation sites (tertiary alicyclic amines) is 1. The molecular formula is C20H27N5O3. The van der Waals surface area contributed by atoms with Crippen LogP contribution in [0.3, 0.4) is 0 Å². The molecule has 0 radical (unpaired) electrons. The third-order valence-corrected chi connectivity index (χ3v) is 6.31. The summed E-state index contributed by atoms with van der Waals surface area (Å²) in [5.41, 5.74) is 6.24. The molecule has 3 heterocycles. The van der Waals surface area contributed by atoms with Crippen molar-refractivity contribution in [3.05, 3.63) is 24.3 Å². The SMILES string of the molecule is CN(C(=O)CN1CCCC1)c1ccc(N2C[C@@]3(C(N)=O)CCCN3C2=O)cc1. The summed E-state index contributed by atoms with van der Waals surface area (Å²) in [5, 5.41) is 0. The molecule has 1 atom stereocenters. The van der Waals surface area contributed by atoms with Crippen molar-refractivity contribution in [2.75, 3.05) is 49.6 Å². The van der Waals surface area contributed by atoms with Crippen molar-refractivity contribution in [2.24, 2.45) is 5.73 Å². The van der Waals surface area contributed by atoms with E-state index in [0.29, 0.717) is 25.2 Å². The average molecular weight is 385 g/mol. The predicted molar refractivity (Wildman–Crippen MR) is 106 cm³/mol. The third kappa shape index (κ3) is 3.01. The van der Waals surface area contributed by atoms with Crippen LogP contribution in [0.2, 0.25) is 0 Å². The Kier molecular flexibility index (Phi) is 4.74. The second kappa shape index (κ2) is 7.09. The van der Waals surface area contributed by atoms with Crippen LogP contribution in [0.1, 0.15) is 25.7 Å². The Morgan fingerprint density at radius 3 is 2.39 bits per heavy atom. The fourth-order valence-electron chi connectivity index (χ4n) is 4.57. The van der Waals surface area contributed by atoms with Crippen molar-refractivity contribution in [1.82, 2.24) is 9.80 Å². The number of carbonyl (C=O) groups excluding carboxylic acids is 3. The number of nitrogens with two attached hydrogens (primary N) is 1. The molecule has 28 heavy (non-hydrogen) atoms. The topological polar surface area (TPSA) is 90.2 Å². The van der Waals surface area contributed by atoms with Crippen LogP contribution in [-0.4, -0.2) is 73.0 Å². The standard InChI is InChI=1S/C20H27N5O3/c1-22(17(26)13-23-10-2-3-11-23)15-5-7-16(8-6-15)24-14-20(18(21)27)9-4-12-25(20)19(24)28/h5-8H,2-4,9-14H2,1H3,(H2,21,27)/t20-/m1/s1. The molecule has 0 saturated carbocycles. The lowest BCUT2D eigenvalue weighted by Crippen LogP contribution is -2.52. The van der Waals surface area contributed by atoms with Gasteiger partial charge >= 0.3 is 6.03 Å². The van der Waals surface area contributed by atoms with E-state index in [9.17, 15) is 14.4 Å². The van der Waals surface area contributed by atoms with Crippen LogP contribution in [0.4, 0.5) is 16.2 Å². The molecule has 8 nitrogen and oxygen atoms in total. The minimum atomic E-state index is -0.891. The van der Waals surface area contributed by atoms with Gasteiger partial charge in [-0.3, -0.25) is 19.4 Å². The van der Waals surface area contributed by atoms with Crippen molar-refractivity contribution in [3.63, 3.8) is 0 Å². The van der Waals surface area contributed by atoms with Gasteiger partial charge < -0.3 is 15.5 Å². The van der Waals surface area contributed by atoms with Crippen molar-refractivity contribution in [3.8, 4) is 0 Å². The number of anilines is 2. The smallest absolute Gasteiger partial charge is 0.325 e. The van der Waals surface area contributed by atoms with Crippen LogP contribution in [-0.2, 0) is 9.59 Å². The molecule has 2 N–H and O–H groups in total. The second-order valence-corrected chi connectivity index (χ2v) is 7.97. The molecule has 0 unspecified atom stereocenters. The quantitative estimate of drug-likeness (QED) is 0.819. The number of benzene rings is 1. The van der Waals surface area contributed by atoms with Gasteiger partial charge in [0.15, 0.2) is 0 Å². The number of carbonyl (C=O) groups is 3. The van der Waals surface area contributed by atoms with Gasteiger partial charge in [-0.25, -0.2) is 4.79 Å². The van der Waals surface area contributed by atoms with Gasteiger partial charge in [-0.1, -0.05) is 0 Å². The first-order chi connectivity index (χ1) is 13.4. The lowest BCUT2D eigenvalue weighted by molar-refractivity contribution is -0.125. The Balaban J connectivity index is 1.47. The van der Waals surface area contributed by atoms with E-state index in [2.05, 4.69) is 4.90 Å². The molecule has 8 heteroatoms. The van der Waals surface area contributed by atoms with Crippen LogP contribution in [0.5, 0.6) is 0 Å². The maximum Gasteiger partial charge on any atom is 0.325 e. The monoisotopic (exact) mass is 385 g/mol. The van der Waals surface area contributed by atoms with Crippen molar-refractivity contribution >= 4 is 29.2 Å². The normalized spacial score (nSPS) is 24.7. The zero-order valence-corrected chi connectivity index (χ0v) is 16.3. The molecule has 3 aliphatic rings. The zero-order valence-electron chi connectivity index (χ0n) is 16.3. The fourth-order valence-corrected chi connectivity index (χ4v) is 4.57. The van der Waals surface area contributed by atoms with Crippen LogP contribution < -0.4 is 15.5 Å². The first-order valence-electron chi connectivity index (χ1n) is 9.90. The Bertz CT molecular complexity index is 790. The molecule has 3 saturated heterocycles. The molecule has 4 rings (SSSR count). The number of amides is 4. The Hall–Kier alpha value is -2.61. The summed E-state index contributed by atoms with van der Waals surface area (Å²) < 4.78 is 0. The van der Waals surface area contributed by atoms with Gasteiger partial charge in [0.2, 0.25) is 11.8 Å². The van der Waals surface area contributed by atoms with E-state index in [1.54, 1.807) is 21.7 Å². The van der Waals surface area contributed by atoms with E-state index in [-0.39, 0.29) is 18.5 Å². The lowest BCUT2D eigenvalue weighted by atomic mass is 9.96. The van der Waals surface area contributed by atoms with Gasteiger partial charge in [0.25, 0.3) is 0 Å². The fraction of sp³-hybridized carbons (Fsp3) is 0.550. The van der Waals surface area contributed by atoms with E-state index < -0.39 is 11.4 Å². The molecule has 3 fully saturated rings. The van der Waals surface area contributed by atoms with E-state index in [4.69, 9.17) is 5.73 Å². The number of hydrogen-bond donors (Lipinski definition) is 1. The first kappa shape index (κ1) is 18.7. The molecule has 1 aromatic rings. The highest BCUT2D eigenvalue weighted by Gasteiger charge is 2.56. The first-order valence-corrected chi connectivity index (χ1v) is 9.90. The molecule has 0 aliphatic carbocycles.